The van der Waals surface area contributed by atoms with Crippen molar-refractivity contribution in [2.45, 2.75) is 6.61 Å². The fourth-order valence-electron chi connectivity index (χ4n) is 1.93. The first-order valence-corrected chi connectivity index (χ1v) is 7.41. The average Bonchev–Trinajstić information content (AvgIpc) is 2.52. The van der Waals surface area contributed by atoms with Gasteiger partial charge in [-0.15, -0.1) is 0 Å². The first kappa shape index (κ1) is 17.2. The van der Waals surface area contributed by atoms with Gasteiger partial charge >= 0.3 is 5.97 Å². The first-order valence-electron chi connectivity index (χ1n) is 6.65. The molecule has 0 saturated heterocycles. The number of carbonyl (C=O) groups is 1. The Balaban J connectivity index is 2.20. The highest BCUT2D eigenvalue weighted by Crippen LogP contribution is 2.29. The van der Waals surface area contributed by atoms with Gasteiger partial charge in [0.05, 0.1) is 12.1 Å². The Bertz CT molecular complexity index is 741. The molecule has 0 fully saturated rings. The van der Waals surface area contributed by atoms with Gasteiger partial charge in [0.1, 0.15) is 18.1 Å². The summed E-state index contributed by atoms with van der Waals surface area (Å²) in [4.78, 5) is 10.6. The molecule has 0 spiro atoms. The lowest BCUT2D eigenvalue weighted by Gasteiger charge is -2.12. The fourth-order valence-corrected chi connectivity index (χ4v) is 2.39. The number of halogens is 2. The van der Waals surface area contributed by atoms with Crippen molar-refractivity contribution in [2.24, 2.45) is 0 Å². The number of carboxylic acids is 1. The van der Waals surface area contributed by atoms with Crippen LogP contribution in [0.3, 0.4) is 0 Å². The summed E-state index contributed by atoms with van der Waals surface area (Å²) in [5.41, 5.74) is 1.50. The minimum atomic E-state index is -1.01. The molecule has 2 aromatic rings. The van der Waals surface area contributed by atoms with E-state index in [0.717, 1.165) is 17.2 Å². The Kier molecular flexibility index (Phi) is 5.90. The molecule has 0 heterocycles. The summed E-state index contributed by atoms with van der Waals surface area (Å²) >= 11 is 11.9. The number of hydrogen-bond donors (Lipinski definition) is 1. The van der Waals surface area contributed by atoms with Crippen molar-refractivity contribution in [1.82, 2.24) is 0 Å². The van der Waals surface area contributed by atoms with E-state index >= 15 is 0 Å². The largest absolute Gasteiger partial charge is 0.496 e. The van der Waals surface area contributed by atoms with Gasteiger partial charge in [-0.05, 0) is 42.0 Å². The Labute approximate surface area is 143 Å². The highest BCUT2D eigenvalue weighted by Gasteiger charge is 2.07. The minimum Gasteiger partial charge on any atom is -0.496 e. The van der Waals surface area contributed by atoms with Crippen molar-refractivity contribution in [3.05, 3.63) is 63.6 Å². The van der Waals surface area contributed by atoms with Crippen LogP contribution in [0.4, 0.5) is 0 Å². The second kappa shape index (κ2) is 7.90. The van der Waals surface area contributed by atoms with E-state index in [1.165, 1.54) is 6.08 Å². The van der Waals surface area contributed by atoms with E-state index in [0.29, 0.717) is 21.5 Å². The number of aliphatic carboxylic acids is 1. The maximum Gasteiger partial charge on any atom is 0.328 e. The number of carboxylic acid groups (broad SMARTS) is 1. The van der Waals surface area contributed by atoms with Crippen LogP contribution in [0.1, 0.15) is 11.1 Å². The minimum absolute atomic E-state index is 0.222. The number of ether oxygens (including phenoxy) is 2. The van der Waals surface area contributed by atoms with Crippen molar-refractivity contribution >= 4 is 35.2 Å². The van der Waals surface area contributed by atoms with Gasteiger partial charge in [-0.1, -0.05) is 29.3 Å². The lowest BCUT2D eigenvalue weighted by molar-refractivity contribution is -0.131. The Morgan fingerprint density at radius 2 is 1.91 bits per heavy atom. The highest BCUT2D eigenvalue weighted by molar-refractivity contribution is 6.35. The summed E-state index contributed by atoms with van der Waals surface area (Å²) in [5.74, 6) is 0.138. The molecule has 0 saturated carbocycles. The molecule has 0 unspecified atom stereocenters. The van der Waals surface area contributed by atoms with E-state index in [2.05, 4.69) is 0 Å². The molecule has 0 atom stereocenters. The number of benzene rings is 2. The second-order valence-corrected chi connectivity index (χ2v) is 5.45. The maximum atomic E-state index is 10.6. The number of rotatable bonds is 6. The van der Waals surface area contributed by atoms with E-state index in [-0.39, 0.29) is 6.61 Å². The van der Waals surface area contributed by atoms with Crippen molar-refractivity contribution < 1.29 is 19.4 Å². The molecule has 0 aliphatic heterocycles. The third kappa shape index (κ3) is 4.91. The van der Waals surface area contributed by atoms with Gasteiger partial charge in [0, 0.05) is 16.7 Å². The monoisotopic (exact) mass is 352 g/mol. The van der Waals surface area contributed by atoms with Gasteiger partial charge in [-0.2, -0.15) is 0 Å². The standard InChI is InChI=1S/C17H14Cl2O4/c1-22-15-5-2-11(3-7-17(20)21)8-12(15)10-23-16-6-4-13(18)9-14(16)19/h2-9H,10H2,1H3,(H,20,21)/b7-3+. The highest BCUT2D eigenvalue weighted by atomic mass is 35.5. The van der Waals surface area contributed by atoms with Crippen LogP contribution >= 0.6 is 23.2 Å². The van der Waals surface area contributed by atoms with Crippen molar-refractivity contribution in [3.8, 4) is 11.5 Å². The van der Waals surface area contributed by atoms with Gasteiger partial charge in [-0.3, -0.25) is 0 Å². The molecule has 1 N–H and O–H groups in total. The van der Waals surface area contributed by atoms with Gasteiger partial charge < -0.3 is 14.6 Å². The van der Waals surface area contributed by atoms with Gasteiger partial charge in [0.25, 0.3) is 0 Å². The van der Waals surface area contributed by atoms with E-state index in [4.69, 9.17) is 37.8 Å². The third-order valence-corrected chi connectivity index (χ3v) is 3.53. The predicted molar refractivity (Wildman–Crippen MR) is 90.5 cm³/mol. The maximum absolute atomic E-state index is 10.6. The smallest absolute Gasteiger partial charge is 0.328 e. The summed E-state index contributed by atoms with van der Waals surface area (Å²) in [6.07, 6.45) is 2.57. The van der Waals surface area contributed by atoms with E-state index in [1.807, 2.05) is 0 Å². The molecule has 0 aromatic heterocycles. The molecule has 0 amide bonds. The third-order valence-electron chi connectivity index (χ3n) is 3.00. The SMILES string of the molecule is COc1ccc(/C=C/C(=O)O)cc1COc1ccc(Cl)cc1Cl. The number of methoxy groups -OCH3 is 1. The zero-order chi connectivity index (χ0) is 16.8. The van der Waals surface area contributed by atoms with E-state index < -0.39 is 5.97 Å². The van der Waals surface area contributed by atoms with Gasteiger partial charge in [0.2, 0.25) is 0 Å². The van der Waals surface area contributed by atoms with Crippen LogP contribution in [0.25, 0.3) is 6.08 Å². The van der Waals surface area contributed by atoms with Crippen LogP contribution in [-0.4, -0.2) is 18.2 Å². The molecule has 0 aliphatic rings. The van der Waals surface area contributed by atoms with Crippen molar-refractivity contribution in [1.29, 1.82) is 0 Å². The molecule has 4 nitrogen and oxygen atoms in total. The lowest BCUT2D eigenvalue weighted by atomic mass is 10.1. The van der Waals surface area contributed by atoms with Crippen LogP contribution in [0.2, 0.25) is 10.0 Å². The van der Waals surface area contributed by atoms with Crippen LogP contribution in [0, 0.1) is 0 Å². The number of hydrogen-bond acceptors (Lipinski definition) is 3. The molecular formula is C17H14Cl2O4. The Hall–Kier alpha value is -2.17. The molecule has 0 aliphatic carbocycles. The lowest BCUT2D eigenvalue weighted by Crippen LogP contribution is -2.00. The summed E-state index contributed by atoms with van der Waals surface area (Å²) in [6.45, 7) is 0.222. The Morgan fingerprint density at radius 3 is 2.57 bits per heavy atom. The molecule has 23 heavy (non-hydrogen) atoms. The first-order chi connectivity index (χ1) is 11.0. The quantitative estimate of drug-likeness (QED) is 0.767. The van der Waals surface area contributed by atoms with Crippen LogP contribution in [0.15, 0.2) is 42.5 Å². The molecule has 0 radical (unpaired) electrons. The predicted octanol–water partition coefficient (Wildman–Crippen LogP) is 4.68. The molecule has 120 valence electrons. The Morgan fingerprint density at radius 1 is 1.17 bits per heavy atom. The zero-order valence-corrected chi connectivity index (χ0v) is 13.8. The van der Waals surface area contributed by atoms with Crippen molar-refractivity contribution in [2.75, 3.05) is 7.11 Å². The summed E-state index contributed by atoms with van der Waals surface area (Å²) in [5, 5.41) is 9.63. The molecule has 2 rings (SSSR count). The average molecular weight is 353 g/mol. The van der Waals surface area contributed by atoms with E-state index in [9.17, 15) is 4.79 Å². The fraction of sp³-hybridized carbons (Fsp3) is 0.118. The molecule has 6 heteroatoms. The summed E-state index contributed by atoms with van der Waals surface area (Å²) in [6, 6.07) is 10.3. The molecular weight excluding hydrogens is 339 g/mol. The summed E-state index contributed by atoms with van der Waals surface area (Å²) < 4.78 is 11.0. The van der Waals surface area contributed by atoms with Gasteiger partial charge in [0.15, 0.2) is 0 Å². The van der Waals surface area contributed by atoms with Crippen LogP contribution in [-0.2, 0) is 11.4 Å². The zero-order valence-electron chi connectivity index (χ0n) is 12.3. The van der Waals surface area contributed by atoms with Gasteiger partial charge in [-0.25, -0.2) is 4.79 Å². The van der Waals surface area contributed by atoms with E-state index in [1.54, 1.807) is 43.5 Å². The van der Waals surface area contributed by atoms with Crippen LogP contribution < -0.4 is 9.47 Å². The normalized spacial score (nSPS) is 10.7. The van der Waals surface area contributed by atoms with Crippen LogP contribution in [0.5, 0.6) is 11.5 Å². The second-order valence-electron chi connectivity index (χ2n) is 4.61. The summed E-state index contributed by atoms with van der Waals surface area (Å²) in [7, 11) is 1.56. The molecule has 2 aromatic carbocycles. The van der Waals surface area contributed by atoms with Crippen molar-refractivity contribution in [3.63, 3.8) is 0 Å². The molecule has 0 bridgehead atoms. The topological polar surface area (TPSA) is 55.8 Å².